The van der Waals surface area contributed by atoms with Gasteiger partial charge in [-0.15, -0.1) is 0 Å². The van der Waals surface area contributed by atoms with Crippen molar-refractivity contribution in [2.45, 2.75) is 31.8 Å². The van der Waals surface area contributed by atoms with Crippen molar-refractivity contribution in [1.29, 1.82) is 0 Å². The maximum Gasteiger partial charge on any atom is 0.303 e. The van der Waals surface area contributed by atoms with Gasteiger partial charge in [0.05, 0.1) is 33.9 Å². The third kappa shape index (κ3) is 3.92. The lowest BCUT2D eigenvalue weighted by atomic mass is 9.80. The predicted molar refractivity (Wildman–Crippen MR) is 131 cm³/mol. The molecule has 0 amide bonds. The van der Waals surface area contributed by atoms with Crippen LogP contribution in [-0.2, 0) is 22.4 Å². The monoisotopic (exact) mass is 492 g/mol. The Kier molecular flexibility index (Phi) is 6.04. The van der Waals surface area contributed by atoms with Crippen molar-refractivity contribution in [3.8, 4) is 45.6 Å². The Morgan fingerprint density at radius 3 is 2.19 bits per heavy atom. The van der Waals surface area contributed by atoms with Crippen molar-refractivity contribution in [3.63, 3.8) is 0 Å². The molecule has 188 valence electrons. The molecule has 3 aromatic carbocycles. The van der Waals surface area contributed by atoms with Crippen LogP contribution in [0.2, 0.25) is 0 Å². The molecule has 0 fully saturated rings. The van der Waals surface area contributed by atoms with Gasteiger partial charge in [0.15, 0.2) is 11.5 Å². The summed E-state index contributed by atoms with van der Waals surface area (Å²) in [5.41, 5.74) is 5.42. The number of benzene rings is 3. The zero-order valence-corrected chi connectivity index (χ0v) is 20.6. The molecule has 3 aromatic rings. The molecule has 1 heterocycles. The number of hydrogen-bond donors (Lipinski definition) is 2. The zero-order valence-electron chi connectivity index (χ0n) is 20.6. The number of hydrogen-bond acceptors (Lipinski definition) is 8. The molecule has 2 aliphatic rings. The van der Waals surface area contributed by atoms with E-state index >= 15 is 0 Å². The minimum atomic E-state index is -0.649. The smallest absolute Gasteiger partial charge is 0.303 e. The second-order valence-electron chi connectivity index (χ2n) is 8.95. The van der Waals surface area contributed by atoms with Crippen molar-refractivity contribution in [2.75, 3.05) is 27.9 Å². The summed E-state index contributed by atoms with van der Waals surface area (Å²) in [5, 5.41) is 20.5. The number of phenols is 2. The summed E-state index contributed by atoms with van der Waals surface area (Å²) in [6.45, 7) is 1.64. The molecule has 8 nitrogen and oxygen atoms in total. The van der Waals surface area contributed by atoms with Crippen LogP contribution in [0.5, 0.6) is 34.5 Å². The molecule has 0 saturated carbocycles. The molecule has 0 saturated heterocycles. The van der Waals surface area contributed by atoms with Crippen molar-refractivity contribution >= 4 is 5.97 Å². The topological polar surface area (TPSA) is 104 Å². The van der Waals surface area contributed by atoms with E-state index in [9.17, 15) is 15.0 Å². The summed E-state index contributed by atoms with van der Waals surface area (Å²) >= 11 is 0. The number of fused-ring (bicyclic) bond motifs is 4. The average molecular weight is 493 g/mol. The predicted octanol–water partition coefficient (Wildman–Crippen LogP) is 4.67. The average Bonchev–Trinajstić information content (AvgIpc) is 2.87. The van der Waals surface area contributed by atoms with Gasteiger partial charge in [0.25, 0.3) is 0 Å². The zero-order chi connectivity index (χ0) is 25.6. The number of esters is 1. The standard InChI is InChI=1S/C28H28O8/c1-14(29)36-28-20-12-19-15(5-6-16-7-18(30)11-23(32-2)26(16)19)8-22(20)35-13-21(28)17-9-24(33-3)27(31)25(10-17)34-4/h7-12,21,28,30-31H,5-6,13H2,1-4H3/t21-,28+/m0/s1. The molecule has 0 aromatic heterocycles. The van der Waals surface area contributed by atoms with Gasteiger partial charge in [-0.1, -0.05) is 0 Å². The summed E-state index contributed by atoms with van der Waals surface area (Å²) in [6, 6.07) is 10.8. The summed E-state index contributed by atoms with van der Waals surface area (Å²) in [5.74, 6) is 0.991. The van der Waals surface area contributed by atoms with E-state index in [1.165, 1.54) is 21.1 Å². The highest BCUT2D eigenvalue weighted by Gasteiger charge is 2.37. The van der Waals surface area contributed by atoms with E-state index in [-0.39, 0.29) is 35.5 Å². The van der Waals surface area contributed by atoms with Crippen LogP contribution in [0.4, 0.5) is 0 Å². The summed E-state index contributed by atoms with van der Waals surface area (Å²) in [4.78, 5) is 12.2. The number of ether oxygens (including phenoxy) is 5. The van der Waals surface area contributed by atoms with Gasteiger partial charge in [0.2, 0.25) is 5.75 Å². The maximum atomic E-state index is 12.2. The van der Waals surface area contributed by atoms with Gasteiger partial charge < -0.3 is 33.9 Å². The molecule has 0 spiro atoms. The highest BCUT2D eigenvalue weighted by atomic mass is 16.6. The first-order valence-corrected chi connectivity index (χ1v) is 11.7. The molecular weight excluding hydrogens is 464 g/mol. The third-order valence-electron chi connectivity index (χ3n) is 6.87. The summed E-state index contributed by atoms with van der Waals surface area (Å²) in [6.07, 6.45) is 0.887. The van der Waals surface area contributed by atoms with E-state index in [4.69, 9.17) is 23.7 Å². The molecule has 36 heavy (non-hydrogen) atoms. The number of carbonyl (C=O) groups is 1. The number of aromatic hydroxyl groups is 2. The Balaban J connectivity index is 1.67. The first-order chi connectivity index (χ1) is 17.3. The fraction of sp³-hybridized carbons (Fsp3) is 0.321. The van der Waals surface area contributed by atoms with Crippen LogP contribution >= 0.6 is 0 Å². The highest BCUT2D eigenvalue weighted by Crippen LogP contribution is 2.50. The second-order valence-corrected chi connectivity index (χ2v) is 8.95. The minimum Gasteiger partial charge on any atom is -0.508 e. The second kappa shape index (κ2) is 9.18. The molecular formula is C28H28O8. The fourth-order valence-corrected chi connectivity index (χ4v) is 5.22. The van der Waals surface area contributed by atoms with Gasteiger partial charge >= 0.3 is 5.97 Å². The summed E-state index contributed by atoms with van der Waals surface area (Å²) < 4.78 is 28.4. The van der Waals surface area contributed by atoms with Crippen LogP contribution in [0.1, 0.15) is 41.2 Å². The number of aryl methyl sites for hydroxylation is 2. The van der Waals surface area contributed by atoms with Crippen LogP contribution in [0.25, 0.3) is 11.1 Å². The van der Waals surface area contributed by atoms with Crippen LogP contribution in [0.15, 0.2) is 36.4 Å². The lowest BCUT2D eigenvalue weighted by molar-refractivity contribution is -0.149. The van der Waals surface area contributed by atoms with Gasteiger partial charge in [-0.25, -0.2) is 0 Å². The van der Waals surface area contributed by atoms with Gasteiger partial charge in [0.1, 0.15) is 23.4 Å². The first-order valence-electron chi connectivity index (χ1n) is 11.7. The van der Waals surface area contributed by atoms with Crippen LogP contribution in [-0.4, -0.2) is 44.1 Å². The molecule has 0 bridgehead atoms. The summed E-state index contributed by atoms with van der Waals surface area (Å²) in [7, 11) is 4.50. The normalized spacial score (nSPS) is 17.7. The van der Waals surface area contributed by atoms with E-state index in [0.717, 1.165) is 46.2 Å². The van der Waals surface area contributed by atoms with Crippen molar-refractivity contribution in [2.24, 2.45) is 0 Å². The lowest BCUT2D eigenvalue weighted by Gasteiger charge is -2.35. The number of carbonyl (C=O) groups excluding carboxylic acids is 1. The van der Waals surface area contributed by atoms with Crippen molar-refractivity contribution < 1.29 is 38.7 Å². The Morgan fingerprint density at radius 1 is 0.889 bits per heavy atom. The molecule has 1 aliphatic carbocycles. The molecule has 2 atom stereocenters. The third-order valence-corrected chi connectivity index (χ3v) is 6.87. The Bertz CT molecular complexity index is 1300. The molecule has 1 aliphatic heterocycles. The van der Waals surface area contributed by atoms with E-state index in [1.807, 2.05) is 12.1 Å². The minimum absolute atomic E-state index is 0.106. The van der Waals surface area contributed by atoms with Crippen LogP contribution < -0.4 is 18.9 Å². The van der Waals surface area contributed by atoms with Crippen molar-refractivity contribution in [1.82, 2.24) is 0 Å². The van der Waals surface area contributed by atoms with E-state index in [2.05, 4.69) is 0 Å². The van der Waals surface area contributed by atoms with Crippen molar-refractivity contribution in [3.05, 3.63) is 58.7 Å². The lowest BCUT2D eigenvalue weighted by Crippen LogP contribution is -2.28. The molecule has 8 heteroatoms. The van der Waals surface area contributed by atoms with Crippen LogP contribution in [0.3, 0.4) is 0 Å². The number of rotatable bonds is 5. The van der Waals surface area contributed by atoms with E-state index in [1.54, 1.807) is 31.4 Å². The Morgan fingerprint density at radius 2 is 1.56 bits per heavy atom. The first kappa shape index (κ1) is 23.7. The molecule has 5 rings (SSSR count). The fourth-order valence-electron chi connectivity index (χ4n) is 5.22. The Hall–Kier alpha value is -4.07. The van der Waals surface area contributed by atoms with Gasteiger partial charge in [-0.05, 0) is 65.4 Å². The number of methoxy groups -OCH3 is 3. The quantitative estimate of drug-likeness (QED) is 0.496. The molecule has 0 unspecified atom stereocenters. The van der Waals surface area contributed by atoms with Gasteiger partial charge in [-0.3, -0.25) is 4.79 Å². The maximum absolute atomic E-state index is 12.2. The van der Waals surface area contributed by atoms with E-state index in [0.29, 0.717) is 11.5 Å². The molecule has 0 radical (unpaired) electrons. The van der Waals surface area contributed by atoms with E-state index < -0.39 is 12.1 Å². The van der Waals surface area contributed by atoms with Gasteiger partial charge in [0, 0.05) is 24.1 Å². The van der Waals surface area contributed by atoms with Gasteiger partial charge in [-0.2, -0.15) is 0 Å². The SMILES string of the molecule is COc1cc([C@@H]2COc3cc4c(cc3[C@H]2OC(C)=O)-c2c(cc(O)cc2OC)CC4)cc(OC)c1O. The highest BCUT2D eigenvalue weighted by molar-refractivity contribution is 5.81. The largest absolute Gasteiger partial charge is 0.508 e. The number of phenolic OH excluding ortho intramolecular Hbond substituents is 2. The Labute approximate surface area is 209 Å². The van der Waals surface area contributed by atoms with Crippen LogP contribution in [0, 0.1) is 0 Å². The molecule has 2 N–H and O–H groups in total.